The van der Waals surface area contributed by atoms with Gasteiger partial charge in [-0.15, -0.1) is 0 Å². The molecule has 7 heteroatoms. The van der Waals surface area contributed by atoms with Crippen molar-refractivity contribution >= 4 is 11.6 Å². The van der Waals surface area contributed by atoms with Crippen LogP contribution in [0.3, 0.4) is 0 Å². The molecule has 0 saturated heterocycles. The SMILES string of the molecule is CC(C(=O)Nc1ccc(C(F)(F)F)cc1)N(C)Cc1ccccc1F. The molecule has 0 aromatic heterocycles. The van der Waals surface area contributed by atoms with Crippen molar-refractivity contribution in [2.75, 3.05) is 12.4 Å². The minimum absolute atomic E-state index is 0.230. The summed E-state index contributed by atoms with van der Waals surface area (Å²) in [6, 6.07) is 9.88. The second kappa shape index (κ2) is 7.65. The standard InChI is InChI=1S/C18H18F4N2O/c1-12(24(2)11-13-5-3-4-6-16(13)19)17(25)23-15-9-7-14(8-10-15)18(20,21)22/h3-10,12H,11H2,1-2H3,(H,23,25). The quantitative estimate of drug-likeness (QED) is 0.812. The van der Waals surface area contributed by atoms with Crippen LogP contribution in [0.2, 0.25) is 0 Å². The fraction of sp³-hybridized carbons (Fsp3) is 0.278. The van der Waals surface area contributed by atoms with Gasteiger partial charge in [-0.1, -0.05) is 18.2 Å². The third-order valence-electron chi connectivity index (χ3n) is 3.90. The number of carbonyl (C=O) groups is 1. The summed E-state index contributed by atoms with van der Waals surface area (Å²) >= 11 is 0. The van der Waals surface area contributed by atoms with Crippen LogP contribution in [0.4, 0.5) is 23.2 Å². The Morgan fingerprint density at radius 2 is 1.72 bits per heavy atom. The molecule has 134 valence electrons. The average molecular weight is 354 g/mol. The summed E-state index contributed by atoms with van der Waals surface area (Å²) in [4.78, 5) is 13.9. The molecule has 0 aliphatic rings. The number of alkyl halides is 3. The highest BCUT2D eigenvalue weighted by atomic mass is 19.4. The summed E-state index contributed by atoms with van der Waals surface area (Å²) in [7, 11) is 1.67. The Morgan fingerprint density at radius 3 is 2.28 bits per heavy atom. The first-order valence-corrected chi connectivity index (χ1v) is 7.60. The van der Waals surface area contributed by atoms with E-state index in [9.17, 15) is 22.4 Å². The number of carbonyl (C=O) groups excluding carboxylic acids is 1. The largest absolute Gasteiger partial charge is 0.416 e. The van der Waals surface area contributed by atoms with Crippen LogP contribution in [0.15, 0.2) is 48.5 Å². The normalized spacial score (nSPS) is 12.9. The Kier molecular flexibility index (Phi) is 5.79. The molecule has 3 nitrogen and oxygen atoms in total. The van der Waals surface area contributed by atoms with Crippen LogP contribution in [0, 0.1) is 5.82 Å². The van der Waals surface area contributed by atoms with Crippen LogP contribution >= 0.6 is 0 Å². The van der Waals surface area contributed by atoms with E-state index in [1.807, 2.05) is 0 Å². The van der Waals surface area contributed by atoms with Gasteiger partial charge >= 0.3 is 6.18 Å². The fourth-order valence-electron chi connectivity index (χ4n) is 2.22. The molecule has 1 amide bonds. The van der Waals surface area contributed by atoms with Crippen LogP contribution in [0.5, 0.6) is 0 Å². The minimum atomic E-state index is -4.42. The van der Waals surface area contributed by atoms with Gasteiger partial charge in [-0.3, -0.25) is 9.69 Å². The first-order chi connectivity index (χ1) is 11.7. The maximum atomic E-state index is 13.7. The van der Waals surface area contributed by atoms with Crippen molar-refractivity contribution in [3.8, 4) is 0 Å². The van der Waals surface area contributed by atoms with E-state index in [0.717, 1.165) is 12.1 Å². The minimum Gasteiger partial charge on any atom is -0.325 e. The Balaban J connectivity index is 1.98. The van der Waals surface area contributed by atoms with Crippen molar-refractivity contribution < 1.29 is 22.4 Å². The average Bonchev–Trinajstić information content (AvgIpc) is 2.55. The molecule has 2 rings (SSSR count). The fourth-order valence-corrected chi connectivity index (χ4v) is 2.22. The zero-order valence-corrected chi connectivity index (χ0v) is 13.8. The Morgan fingerprint density at radius 1 is 1.12 bits per heavy atom. The Bertz CT molecular complexity index is 729. The number of benzene rings is 2. The van der Waals surface area contributed by atoms with Gasteiger partial charge in [0.15, 0.2) is 0 Å². The predicted octanol–water partition coefficient (Wildman–Crippen LogP) is 4.30. The maximum absolute atomic E-state index is 13.7. The topological polar surface area (TPSA) is 32.3 Å². The van der Waals surface area contributed by atoms with E-state index in [4.69, 9.17) is 0 Å². The van der Waals surface area contributed by atoms with Gasteiger partial charge in [-0.2, -0.15) is 13.2 Å². The number of halogens is 4. The van der Waals surface area contributed by atoms with E-state index >= 15 is 0 Å². The number of nitrogens with one attached hydrogen (secondary N) is 1. The molecular weight excluding hydrogens is 336 g/mol. The number of hydrogen-bond acceptors (Lipinski definition) is 2. The third kappa shape index (κ3) is 5.03. The van der Waals surface area contributed by atoms with Gasteiger partial charge in [0.2, 0.25) is 5.91 Å². The highest BCUT2D eigenvalue weighted by Gasteiger charge is 2.30. The van der Waals surface area contributed by atoms with Gasteiger partial charge in [-0.05, 0) is 44.3 Å². The number of rotatable bonds is 5. The second-order valence-corrected chi connectivity index (χ2v) is 5.75. The maximum Gasteiger partial charge on any atom is 0.416 e. The highest BCUT2D eigenvalue weighted by Crippen LogP contribution is 2.29. The van der Waals surface area contributed by atoms with Crippen molar-refractivity contribution in [2.45, 2.75) is 25.7 Å². The molecule has 0 radical (unpaired) electrons. The van der Waals surface area contributed by atoms with Crippen molar-refractivity contribution in [1.82, 2.24) is 4.90 Å². The second-order valence-electron chi connectivity index (χ2n) is 5.75. The first-order valence-electron chi connectivity index (χ1n) is 7.60. The zero-order valence-electron chi connectivity index (χ0n) is 13.8. The molecular formula is C18H18F4N2O. The van der Waals surface area contributed by atoms with Crippen molar-refractivity contribution in [2.24, 2.45) is 0 Å². The molecule has 0 bridgehead atoms. The van der Waals surface area contributed by atoms with Gasteiger partial charge in [0.25, 0.3) is 0 Å². The molecule has 0 aliphatic heterocycles. The summed E-state index contributed by atoms with van der Waals surface area (Å²) in [5.74, 6) is -0.747. The number of amides is 1. The number of hydrogen-bond donors (Lipinski definition) is 1. The van der Waals surface area contributed by atoms with Gasteiger partial charge in [0.1, 0.15) is 5.82 Å². The van der Waals surface area contributed by atoms with E-state index in [-0.39, 0.29) is 18.0 Å². The van der Waals surface area contributed by atoms with E-state index in [1.165, 1.54) is 18.2 Å². The molecule has 2 aromatic rings. The lowest BCUT2D eigenvalue weighted by atomic mass is 10.1. The van der Waals surface area contributed by atoms with E-state index < -0.39 is 23.7 Å². The Labute approximate surface area is 143 Å². The summed E-state index contributed by atoms with van der Waals surface area (Å²) in [5, 5.41) is 2.56. The highest BCUT2D eigenvalue weighted by molar-refractivity contribution is 5.94. The molecule has 0 saturated carbocycles. The van der Waals surface area contributed by atoms with E-state index in [2.05, 4.69) is 5.32 Å². The number of anilines is 1. The summed E-state index contributed by atoms with van der Waals surface area (Å²) < 4.78 is 51.3. The number of nitrogens with zero attached hydrogens (tertiary/aromatic N) is 1. The molecule has 2 aromatic carbocycles. The summed E-state index contributed by atoms with van der Waals surface area (Å²) in [5.41, 5.74) is -0.0569. The molecule has 1 atom stereocenters. The van der Waals surface area contributed by atoms with Crippen molar-refractivity contribution in [1.29, 1.82) is 0 Å². The van der Waals surface area contributed by atoms with Gasteiger partial charge in [0.05, 0.1) is 11.6 Å². The van der Waals surface area contributed by atoms with Gasteiger partial charge in [-0.25, -0.2) is 4.39 Å². The molecule has 25 heavy (non-hydrogen) atoms. The predicted molar refractivity (Wildman–Crippen MR) is 87.4 cm³/mol. The Hall–Kier alpha value is -2.41. The van der Waals surface area contributed by atoms with E-state index in [0.29, 0.717) is 5.56 Å². The summed E-state index contributed by atoms with van der Waals surface area (Å²) in [6.45, 7) is 1.87. The van der Waals surface area contributed by atoms with Crippen molar-refractivity contribution in [3.63, 3.8) is 0 Å². The molecule has 0 fully saturated rings. The third-order valence-corrected chi connectivity index (χ3v) is 3.90. The van der Waals surface area contributed by atoms with Crippen LogP contribution < -0.4 is 5.32 Å². The monoisotopic (exact) mass is 354 g/mol. The van der Waals surface area contributed by atoms with Crippen LogP contribution in [0.1, 0.15) is 18.1 Å². The molecule has 0 aliphatic carbocycles. The molecule has 1 unspecified atom stereocenters. The molecule has 0 spiro atoms. The van der Waals surface area contributed by atoms with Crippen molar-refractivity contribution in [3.05, 3.63) is 65.5 Å². The molecule has 0 heterocycles. The lowest BCUT2D eigenvalue weighted by Crippen LogP contribution is -2.39. The lowest BCUT2D eigenvalue weighted by Gasteiger charge is -2.24. The van der Waals surface area contributed by atoms with E-state index in [1.54, 1.807) is 37.1 Å². The lowest BCUT2D eigenvalue weighted by molar-refractivity contribution is -0.137. The number of likely N-dealkylation sites (N-methyl/N-ethyl adjacent to an activating group) is 1. The molecule has 1 N–H and O–H groups in total. The van der Waals surface area contributed by atoms with Crippen LogP contribution in [-0.4, -0.2) is 23.9 Å². The van der Waals surface area contributed by atoms with Gasteiger partial charge < -0.3 is 5.32 Å². The van der Waals surface area contributed by atoms with Gasteiger partial charge in [0, 0.05) is 17.8 Å². The van der Waals surface area contributed by atoms with Crippen LogP contribution in [0.25, 0.3) is 0 Å². The smallest absolute Gasteiger partial charge is 0.325 e. The first kappa shape index (κ1) is 18.9. The summed E-state index contributed by atoms with van der Waals surface area (Å²) in [6.07, 6.45) is -4.42. The zero-order chi connectivity index (χ0) is 18.6. The van der Waals surface area contributed by atoms with Crippen LogP contribution in [-0.2, 0) is 17.5 Å².